The minimum atomic E-state index is -4.48. The van der Waals surface area contributed by atoms with Gasteiger partial charge in [-0.05, 0) is 29.8 Å². The molecular weight excluding hydrogens is 399 g/mol. The number of hydrogen-bond acceptors (Lipinski definition) is 3. The molecule has 0 aliphatic carbocycles. The van der Waals surface area contributed by atoms with Gasteiger partial charge in [-0.15, -0.1) is 6.58 Å². The van der Waals surface area contributed by atoms with Crippen LogP contribution in [0.2, 0.25) is 0 Å². The number of nitrogens with zero attached hydrogens (tertiary/aromatic N) is 2. The molecule has 1 N–H and O–H groups in total. The maximum absolute atomic E-state index is 12.8. The van der Waals surface area contributed by atoms with E-state index in [-0.39, 0.29) is 24.0 Å². The second kappa shape index (κ2) is 8.40. The number of aromatic nitrogens is 2. The molecule has 156 valence electrons. The van der Waals surface area contributed by atoms with Crippen LogP contribution in [0.3, 0.4) is 0 Å². The lowest BCUT2D eigenvalue weighted by atomic mass is 10.1. The lowest BCUT2D eigenvalue weighted by molar-refractivity contribution is -0.137. The van der Waals surface area contributed by atoms with Crippen molar-refractivity contribution in [1.82, 2.24) is 14.5 Å². The predicted octanol–water partition coefficient (Wildman–Crippen LogP) is 2.68. The Hall–Kier alpha value is -3.62. The molecule has 0 aliphatic heterocycles. The molecule has 0 saturated carbocycles. The van der Waals surface area contributed by atoms with E-state index < -0.39 is 35.4 Å². The van der Waals surface area contributed by atoms with E-state index in [1.807, 2.05) is 0 Å². The summed E-state index contributed by atoms with van der Waals surface area (Å²) in [7, 11) is 0. The van der Waals surface area contributed by atoms with Crippen LogP contribution in [0.15, 0.2) is 70.8 Å². The zero-order chi connectivity index (χ0) is 21.9. The number of carbonyl (C=O) groups excluding carboxylic acids is 1. The fraction of sp³-hybridized carbons (Fsp3) is 0.190. The van der Waals surface area contributed by atoms with Crippen LogP contribution in [0.25, 0.3) is 10.9 Å². The predicted molar refractivity (Wildman–Crippen MR) is 106 cm³/mol. The third-order valence-corrected chi connectivity index (χ3v) is 4.49. The van der Waals surface area contributed by atoms with Gasteiger partial charge in [0.25, 0.3) is 5.56 Å². The molecule has 1 aromatic heterocycles. The van der Waals surface area contributed by atoms with Crippen LogP contribution in [0, 0.1) is 0 Å². The second-order valence-corrected chi connectivity index (χ2v) is 6.57. The average molecular weight is 417 g/mol. The average Bonchev–Trinajstić information content (AvgIpc) is 2.72. The molecule has 1 heterocycles. The Bertz CT molecular complexity index is 1230. The fourth-order valence-electron chi connectivity index (χ4n) is 3.07. The maximum atomic E-state index is 12.8. The first-order valence-corrected chi connectivity index (χ1v) is 8.98. The van der Waals surface area contributed by atoms with Crippen molar-refractivity contribution in [2.75, 3.05) is 0 Å². The van der Waals surface area contributed by atoms with Crippen LogP contribution < -0.4 is 16.6 Å². The summed E-state index contributed by atoms with van der Waals surface area (Å²) < 4.78 is 40.6. The highest BCUT2D eigenvalue weighted by atomic mass is 19.4. The number of alkyl halides is 3. The molecule has 0 bridgehead atoms. The van der Waals surface area contributed by atoms with Gasteiger partial charge in [0.05, 0.1) is 16.5 Å². The summed E-state index contributed by atoms with van der Waals surface area (Å²) in [5, 5.41) is 2.78. The molecular formula is C21H18F3N3O3. The quantitative estimate of drug-likeness (QED) is 0.627. The van der Waals surface area contributed by atoms with Gasteiger partial charge in [-0.25, -0.2) is 4.79 Å². The summed E-state index contributed by atoms with van der Waals surface area (Å²) >= 11 is 0. The first kappa shape index (κ1) is 21.1. The van der Waals surface area contributed by atoms with Crippen molar-refractivity contribution in [1.29, 1.82) is 0 Å². The monoisotopic (exact) mass is 417 g/mol. The highest BCUT2D eigenvalue weighted by molar-refractivity contribution is 5.81. The Morgan fingerprint density at radius 3 is 2.50 bits per heavy atom. The van der Waals surface area contributed by atoms with Crippen LogP contribution in [-0.4, -0.2) is 15.0 Å². The van der Waals surface area contributed by atoms with Gasteiger partial charge in [-0.3, -0.25) is 18.7 Å². The first-order chi connectivity index (χ1) is 14.2. The topological polar surface area (TPSA) is 73.1 Å². The van der Waals surface area contributed by atoms with E-state index in [9.17, 15) is 27.6 Å². The molecule has 2 aromatic carbocycles. The Morgan fingerprint density at radius 1 is 1.07 bits per heavy atom. The zero-order valence-electron chi connectivity index (χ0n) is 15.8. The van der Waals surface area contributed by atoms with Crippen molar-refractivity contribution < 1.29 is 18.0 Å². The second-order valence-electron chi connectivity index (χ2n) is 6.57. The number of halogens is 3. The molecule has 0 unspecified atom stereocenters. The third-order valence-electron chi connectivity index (χ3n) is 4.49. The maximum Gasteiger partial charge on any atom is 0.416 e. The number of amides is 1. The van der Waals surface area contributed by atoms with Crippen LogP contribution in [0.1, 0.15) is 11.1 Å². The van der Waals surface area contributed by atoms with Gasteiger partial charge >= 0.3 is 11.9 Å². The molecule has 30 heavy (non-hydrogen) atoms. The summed E-state index contributed by atoms with van der Waals surface area (Å²) in [6.07, 6.45) is -3.08. The van der Waals surface area contributed by atoms with E-state index >= 15 is 0 Å². The first-order valence-electron chi connectivity index (χ1n) is 8.98. The van der Waals surface area contributed by atoms with Crippen molar-refractivity contribution in [2.24, 2.45) is 0 Å². The third kappa shape index (κ3) is 4.35. The standard InChI is InChI=1S/C21H18F3N3O3/c1-2-10-26-19(29)16-8-3-4-9-17(16)27(20(26)30)13-18(28)25-12-14-6-5-7-15(11-14)21(22,23)24/h2-9,11H,1,10,12-13H2,(H,25,28). The van der Waals surface area contributed by atoms with Crippen molar-refractivity contribution >= 4 is 16.8 Å². The largest absolute Gasteiger partial charge is 0.416 e. The molecule has 3 rings (SSSR count). The molecule has 0 fully saturated rings. The summed E-state index contributed by atoms with van der Waals surface area (Å²) in [5.41, 5.74) is -1.41. The van der Waals surface area contributed by atoms with E-state index in [4.69, 9.17) is 0 Å². The molecule has 0 aliphatic rings. The Balaban J connectivity index is 1.86. The van der Waals surface area contributed by atoms with Gasteiger partial charge in [-0.1, -0.05) is 30.3 Å². The molecule has 3 aromatic rings. The number of rotatable bonds is 6. The molecule has 0 saturated heterocycles. The van der Waals surface area contributed by atoms with E-state index in [0.717, 1.165) is 21.3 Å². The summed E-state index contributed by atoms with van der Waals surface area (Å²) in [5.74, 6) is -0.580. The number of benzene rings is 2. The van der Waals surface area contributed by atoms with Gasteiger partial charge in [0.1, 0.15) is 6.54 Å². The number of allylic oxidation sites excluding steroid dienone is 1. The number of fused-ring (bicyclic) bond motifs is 1. The van der Waals surface area contributed by atoms with E-state index in [1.54, 1.807) is 24.3 Å². The van der Waals surface area contributed by atoms with Crippen molar-refractivity contribution in [3.8, 4) is 0 Å². The summed E-state index contributed by atoms with van der Waals surface area (Å²) in [4.78, 5) is 37.7. The van der Waals surface area contributed by atoms with Crippen molar-refractivity contribution in [2.45, 2.75) is 25.8 Å². The highest BCUT2D eigenvalue weighted by Gasteiger charge is 2.30. The van der Waals surface area contributed by atoms with Gasteiger partial charge in [0.15, 0.2) is 0 Å². The summed E-state index contributed by atoms with van der Waals surface area (Å²) in [6, 6.07) is 11.0. The van der Waals surface area contributed by atoms with Gasteiger partial charge in [0, 0.05) is 13.1 Å². The van der Waals surface area contributed by atoms with Crippen molar-refractivity contribution in [3.05, 3.63) is 93.2 Å². The van der Waals surface area contributed by atoms with E-state index in [1.165, 1.54) is 18.2 Å². The molecule has 9 heteroatoms. The number of para-hydroxylation sites is 1. The van der Waals surface area contributed by atoms with Crippen LogP contribution >= 0.6 is 0 Å². The lowest BCUT2D eigenvalue weighted by Gasteiger charge is -2.14. The van der Waals surface area contributed by atoms with Crippen LogP contribution in [0.5, 0.6) is 0 Å². The smallest absolute Gasteiger partial charge is 0.350 e. The van der Waals surface area contributed by atoms with Gasteiger partial charge in [0.2, 0.25) is 5.91 Å². The lowest BCUT2D eigenvalue weighted by Crippen LogP contribution is -2.42. The van der Waals surface area contributed by atoms with Crippen LogP contribution in [0.4, 0.5) is 13.2 Å². The van der Waals surface area contributed by atoms with Gasteiger partial charge in [-0.2, -0.15) is 13.2 Å². The number of nitrogens with one attached hydrogen (secondary N) is 1. The highest BCUT2D eigenvalue weighted by Crippen LogP contribution is 2.29. The Morgan fingerprint density at radius 2 is 1.80 bits per heavy atom. The minimum Gasteiger partial charge on any atom is -0.350 e. The molecule has 1 amide bonds. The SMILES string of the molecule is C=CCn1c(=O)c2ccccc2n(CC(=O)NCc2cccc(C(F)(F)F)c2)c1=O. The zero-order valence-corrected chi connectivity index (χ0v) is 15.8. The Labute approximate surface area is 168 Å². The molecule has 6 nitrogen and oxygen atoms in total. The van der Waals surface area contributed by atoms with E-state index in [0.29, 0.717) is 5.52 Å². The molecule has 0 atom stereocenters. The molecule has 0 spiro atoms. The molecule has 0 radical (unpaired) electrons. The number of hydrogen-bond donors (Lipinski definition) is 1. The Kier molecular flexibility index (Phi) is 5.91. The fourth-order valence-corrected chi connectivity index (χ4v) is 3.07. The van der Waals surface area contributed by atoms with E-state index in [2.05, 4.69) is 11.9 Å². The van der Waals surface area contributed by atoms with Crippen molar-refractivity contribution in [3.63, 3.8) is 0 Å². The number of carbonyl (C=O) groups is 1. The minimum absolute atomic E-state index is 0.0195. The summed E-state index contributed by atoms with van der Waals surface area (Å²) in [6.45, 7) is 2.98. The van der Waals surface area contributed by atoms with Crippen LogP contribution in [-0.2, 0) is 30.6 Å². The van der Waals surface area contributed by atoms with Gasteiger partial charge < -0.3 is 5.32 Å². The normalized spacial score (nSPS) is 11.4.